The minimum atomic E-state index is -1.04. The number of hydrogen-bond acceptors (Lipinski definition) is 6. The van der Waals surface area contributed by atoms with Gasteiger partial charge in [-0.2, -0.15) is 0 Å². The minimum absolute atomic E-state index is 0.161. The first kappa shape index (κ1) is 22.1. The van der Waals surface area contributed by atoms with E-state index in [1.807, 2.05) is 0 Å². The van der Waals surface area contributed by atoms with E-state index in [4.69, 9.17) is 9.47 Å². The van der Waals surface area contributed by atoms with Crippen molar-refractivity contribution in [3.05, 3.63) is 0 Å². The lowest BCUT2D eigenvalue weighted by Crippen LogP contribution is -2.48. The molecule has 2 N–H and O–H groups in total. The second-order valence-corrected chi connectivity index (χ2v) is 7.08. The van der Waals surface area contributed by atoms with Crippen molar-refractivity contribution in [1.29, 1.82) is 0 Å². The fraction of sp³-hybridized carbons (Fsp3) is 0.778. The van der Waals surface area contributed by atoms with Gasteiger partial charge < -0.3 is 29.5 Å². The predicted molar refractivity (Wildman–Crippen MR) is 95.6 cm³/mol. The fourth-order valence-corrected chi connectivity index (χ4v) is 3.93. The standard InChI is InChI=1S/C18H28N2O8/c1-27-13(15(21)19-9-3-5-11(19)17(23)24)7-8-14(28-2)16(22)20-10-4-6-12(20)18(25)26/h11-14H,3-10H2,1-2H3,(H,23,24)(H,25,26)/t11-,12-,13-,14+/m1/s1. The quantitative estimate of drug-likeness (QED) is 0.550. The van der Waals surface area contributed by atoms with E-state index in [0.717, 1.165) is 0 Å². The van der Waals surface area contributed by atoms with Crippen molar-refractivity contribution in [2.75, 3.05) is 27.3 Å². The number of nitrogens with zero attached hydrogens (tertiary/aromatic N) is 2. The summed E-state index contributed by atoms with van der Waals surface area (Å²) in [7, 11) is 2.72. The minimum Gasteiger partial charge on any atom is -0.480 e. The third-order valence-corrected chi connectivity index (χ3v) is 5.45. The number of ether oxygens (including phenoxy) is 2. The molecule has 2 heterocycles. The molecule has 0 aromatic carbocycles. The smallest absolute Gasteiger partial charge is 0.326 e. The van der Waals surface area contributed by atoms with Crippen molar-refractivity contribution in [2.45, 2.75) is 62.8 Å². The van der Waals surface area contributed by atoms with E-state index in [1.54, 1.807) is 0 Å². The Labute approximate surface area is 163 Å². The normalized spacial score (nSPS) is 24.2. The Hall–Kier alpha value is -2.20. The zero-order chi connectivity index (χ0) is 20.8. The molecule has 28 heavy (non-hydrogen) atoms. The predicted octanol–water partition coefficient (Wildman–Crippen LogP) is -0.0522. The van der Waals surface area contributed by atoms with Gasteiger partial charge in [-0.15, -0.1) is 0 Å². The Kier molecular flexibility index (Phi) is 7.76. The lowest BCUT2D eigenvalue weighted by molar-refractivity contribution is -0.155. The second-order valence-electron chi connectivity index (χ2n) is 7.08. The molecule has 10 nitrogen and oxygen atoms in total. The maximum Gasteiger partial charge on any atom is 0.326 e. The number of aliphatic carboxylic acids is 2. The maximum absolute atomic E-state index is 12.7. The van der Waals surface area contributed by atoms with Gasteiger partial charge in [0.05, 0.1) is 0 Å². The highest BCUT2D eigenvalue weighted by molar-refractivity contribution is 5.88. The van der Waals surface area contributed by atoms with Crippen LogP contribution in [0.4, 0.5) is 0 Å². The summed E-state index contributed by atoms with van der Waals surface area (Å²) in [5.74, 6) is -2.92. The maximum atomic E-state index is 12.7. The van der Waals surface area contributed by atoms with Crippen molar-refractivity contribution in [1.82, 2.24) is 9.80 Å². The van der Waals surface area contributed by atoms with Gasteiger partial charge in [0.1, 0.15) is 24.3 Å². The highest BCUT2D eigenvalue weighted by Gasteiger charge is 2.39. The molecule has 0 aromatic heterocycles. The molecule has 2 fully saturated rings. The first-order valence-electron chi connectivity index (χ1n) is 9.44. The zero-order valence-corrected chi connectivity index (χ0v) is 16.2. The van der Waals surface area contributed by atoms with Crippen molar-refractivity contribution in [2.24, 2.45) is 0 Å². The number of carboxylic acid groups (broad SMARTS) is 2. The van der Waals surface area contributed by atoms with Gasteiger partial charge in [-0.3, -0.25) is 9.59 Å². The summed E-state index contributed by atoms with van der Waals surface area (Å²) in [4.78, 5) is 50.6. The third-order valence-electron chi connectivity index (χ3n) is 5.45. The number of likely N-dealkylation sites (tertiary alicyclic amines) is 2. The van der Waals surface area contributed by atoms with Crippen LogP contribution in [0.5, 0.6) is 0 Å². The summed E-state index contributed by atoms with van der Waals surface area (Å²) >= 11 is 0. The molecule has 158 valence electrons. The van der Waals surface area contributed by atoms with Crippen LogP contribution in [0.1, 0.15) is 38.5 Å². The molecular formula is C18H28N2O8. The van der Waals surface area contributed by atoms with Crippen LogP contribution in [-0.2, 0) is 28.7 Å². The topological polar surface area (TPSA) is 134 Å². The van der Waals surface area contributed by atoms with Gasteiger partial charge >= 0.3 is 11.9 Å². The Balaban J connectivity index is 1.98. The highest BCUT2D eigenvalue weighted by atomic mass is 16.5. The largest absolute Gasteiger partial charge is 0.480 e. The lowest BCUT2D eigenvalue weighted by Gasteiger charge is -2.28. The number of carbonyl (C=O) groups excluding carboxylic acids is 2. The van der Waals surface area contributed by atoms with E-state index < -0.39 is 48.0 Å². The van der Waals surface area contributed by atoms with Gasteiger partial charge in [-0.25, -0.2) is 9.59 Å². The van der Waals surface area contributed by atoms with E-state index in [0.29, 0.717) is 38.8 Å². The fourth-order valence-electron chi connectivity index (χ4n) is 3.93. The van der Waals surface area contributed by atoms with Gasteiger partial charge in [0.25, 0.3) is 11.8 Å². The van der Waals surface area contributed by atoms with Crippen molar-refractivity contribution in [3.63, 3.8) is 0 Å². The van der Waals surface area contributed by atoms with Crippen molar-refractivity contribution < 1.29 is 38.9 Å². The van der Waals surface area contributed by atoms with Crippen LogP contribution in [-0.4, -0.2) is 95.4 Å². The number of carboxylic acids is 2. The molecular weight excluding hydrogens is 372 g/mol. The Morgan fingerprint density at radius 3 is 1.46 bits per heavy atom. The number of rotatable bonds is 9. The van der Waals surface area contributed by atoms with E-state index in [-0.39, 0.29) is 12.8 Å². The van der Waals surface area contributed by atoms with E-state index in [9.17, 15) is 29.4 Å². The summed E-state index contributed by atoms with van der Waals surface area (Å²) in [6.07, 6.45) is 0.582. The summed E-state index contributed by atoms with van der Waals surface area (Å²) < 4.78 is 10.5. The van der Waals surface area contributed by atoms with Crippen LogP contribution < -0.4 is 0 Å². The Morgan fingerprint density at radius 2 is 1.18 bits per heavy atom. The van der Waals surface area contributed by atoms with E-state index in [1.165, 1.54) is 24.0 Å². The molecule has 2 aliphatic heterocycles. The van der Waals surface area contributed by atoms with Crippen molar-refractivity contribution >= 4 is 23.8 Å². The van der Waals surface area contributed by atoms with E-state index >= 15 is 0 Å². The van der Waals surface area contributed by atoms with Gasteiger partial charge in [-0.1, -0.05) is 0 Å². The first-order chi connectivity index (χ1) is 13.3. The summed E-state index contributed by atoms with van der Waals surface area (Å²) in [6.45, 7) is 0.715. The van der Waals surface area contributed by atoms with Crippen LogP contribution in [0.3, 0.4) is 0 Å². The number of methoxy groups -OCH3 is 2. The average Bonchev–Trinajstić information content (AvgIpc) is 3.34. The Morgan fingerprint density at radius 1 is 0.821 bits per heavy atom. The van der Waals surface area contributed by atoms with Crippen LogP contribution >= 0.6 is 0 Å². The molecule has 0 radical (unpaired) electrons. The number of carbonyl (C=O) groups is 4. The summed E-state index contributed by atoms with van der Waals surface area (Å²) in [5.41, 5.74) is 0. The molecule has 4 atom stereocenters. The molecule has 0 aliphatic carbocycles. The van der Waals surface area contributed by atoms with Crippen LogP contribution in [0, 0.1) is 0 Å². The SMILES string of the molecule is CO[C@@H](CC[C@@H](OC)C(=O)N1CCC[C@@H]1C(=O)O)C(=O)N1CCC[C@@H]1C(=O)O. The molecule has 2 amide bonds. The zero-order valence-electron chi connectivity index (χ0n) is 16.2. The highest BCUT2D eigenvalue weighted by Crippen LogP contribution is 2.23. The van der Waals surface area contributed by atoms with E-state index in [2.05, 4.69) is 0 Å². The first-order valence-corrected chi connectivity index (χ1v) is 9.44. The average molecular weight is 400 g/mol. The third kappa shape index (κ3) is 4.79. The molecule has 10 heteroatoms. The lowest BCUT2D eigenvalue weighted by atomic mass is 10.1. The van der Waals surface area contributed by atoms with Crippen molar-refractivity contribution in [3.8, 4) is 0 Å². The molecule has 0 aromatic rings. The van der Waals surface area contributed by atoms with Gasteiger partial charge in [0, 0.05) is 27.3 Å². The van der Waals surface area contributed by atoms with Crippen LogP contribution in [0.2, 0.25) is 0 Å². The Bertz CT molecular complexity index is 558. The summed E-state index contributed by atoms with van der Waals surface area (Å²) in [5, 5.41) is 18.5. The molecule has 2 saturated heterocycles. The monoisotopic (exact) mass is 400 g/mol. The second kappa shape index (κ2) is 9.83. The molecule has 0 saturated carbocycles. The number of amides is 2. The van der Waals surface area contributed by atoms with Gasteiger partial charge in [-0.05, 0) is 38.5 Å². The molecule has 0 bridgehead atoms. The number of hydrogen-bond donors (Lipinski definition) is 2. The molecule has 2 rings (SSSR count). The van der Waals surface area contributed by atoms with Gasteiger partial charge in [0.2, 0.25) is 0 Å². The van der Waals surface area contributed by atoms with Crippen LogP contribution in [0.15, 0.2) is 0 Å². The molecule has 2 aliphatic rings. The molecule has 0 unspecified atom stereocenters. The summed E-state index contributed by atoms with van der Waals surface area (Å²) in [6, 6.07) is -1.71. The van der Waals surface area contributed by atoms with Gasteiger partial charge in [0.15, 0.2) is 0 Å². The molecule has 0 spiro atoms. The van der Waals surface area contributed by atoms with Crippen LogP contribution in [0.25, 0.3) is 0 Å².